The van der Waals surface area contributed by atoms with Gasteiger partial charge in [0.05, 0.1) is 6.61 Å². The van der Waals surface area contributed by atoms with Crippen molar-refractivity contribution >= 4 is 5.97 Å². The first-order chi connectivity index (χ1) is 6.31. The van der Waals surface area contributed by atoms with Crippen LogP contribution in [0.4, 0.5) is 0 Å². The zero-order valence-corrected chi connectivity index (χ0v) is 9.47. The van der Waals surface area contributed by atoms with E-state index in [4.69, 9.17) is 4.74 Å². The number of carbonyl (C=O) groups is 1. The molecule has 0 bridgehead atoms. The quantitative estimate of drug-likeness (QED) is 0.450. The van der Waals surface area contributed by atoms with E-state index in [1.54, 1.807) is 0 Å². The Balaban J connectivity index is 0. The molecule has 0 rings (SSSR count). The molecule has 0 radical (unpaired) electrons. The van der Waals surface area contributed by atoms with E-state index in [0.29, 0.717) is 13.0 Å². The Hall–Kier alpha value is -0.570. The van der Waals surface area contributed by atoms with Crippen LogP contribution in [0.25, 0.3) is 0 Å². The van der Waals surface area contributed by atoms with Gasteiger partial charge in [-0.3, -0.25) is 4.79 Å². The Bertz CT molecular complexity index is 124. The second kappa shape index (κ2) is 12.4. The highest BCUT2D eigenvalue weighted by atomic mass is 16.5. The summed E-state index contributed by atoms with van der Waals surface area (Å²) in [7, 11) is 0. The van der Waals surface area contributed by atoms with Gasteiger partial charge in [0.1, 0.15) is 0 Å². The Labute approximate surface area is 87.1 Å². The van der Waals surface area contributed by atoms with E-state index in [-0.39, 0.29) is 11.4 Å². The van der Waals surface area contributed by atoms with E-state index in [2.05, 4.69) is 6.92 Å². The molecule has 2 N–H and O–H groups in total. The molecule has 86 valence electrons. The van der Waals surface area contributed by atoms with Crippen LogP contribution in [0.15, 0.2) is 0 Å². The molecule has 0 aliphatic rings. The van der Waals surface area contributed by atoms with Gasteiger partial charge in [-0.25, -0.2) is 0 Å². The molecule has 14 heavy (non-hydrogen) atoms. The van der Waals surface area contributed by atoms with Crippen LogP contribution in [0, 0.1) is 0 Å². The molecule has 0 atom stereocenters. The van der Waals surface area contributed by atoms with Crippen molar-refractivity contribution in [3.8, 4) is 0 Å². The molecule has 0 saturated heterocycles. The standard InChI is InChI=1S/C11H22O2.H2O/c1-3-5-6-7-8-9-10-11(12)13-4-2;/h3-10H2,1-2H3;1H2. The van der Waals surface area contributed by atoms with E-state index in [0.717, 1.165) is 6.42 Å². The van der Waals surface area contributed by atoms with Gasteiger partial charge >= 0.3 is 5.97 Å². The normalized spacial score (nSPS) is 9.29. The number of unbranched alkanes of at least 4 members (excludes halogenated alkanes) is 5. The van der Waals surface area contributed by atoms with Crippen LogP contribution in [-0.4, -0.2) is 18.1 Å². The van der Waals surface area contributed by atoms with Gasteiger partial charge in [0.2, 0.25) is 0 Å². The van der Waals surface area contributed by atoms with Crippen molar-refractivity contribution in [2.24, 2.45) is 0 Å². The largest absolute Gasteiger partial charge is 0.466 e. The average Bonchev–Trinajstić information content (AvgIpc) is 2.11. The average molecular weight is 204 g/mol. The lowest BCUT2D eigenvalue weighted by molar-refractivity contribution is -0.143. The molecule has 3 nitrogen and oxygen atoms in total. The van der Waals surface area contributed by atoms with Gasteiger partial charge in [0, 0.05) is 6.42 Å². The molecule has 0 aliphatic carbocycles. The molecule has 3 heteroatoms. The molecule has 0 amide bonds. The second-order valence-electron chi connectivity index (χ2n) is 3.32. The molecule has 0 aromatic carbocycles. The summed E-state index contributed by atoms with van der Waals surface area (Å²) < 4.78 is 4.83. The van der Waals surface area contributed by atoms with E-state index < -0.39 is 0 Å². The fourth-order valence-corrected chi connectivity index (χ4v) is 1.28. The van der Waals surface area contributed by atoms with Crippen molar-refractivity contribution in [1.82, 2.24) is 0 Å². The third-order valence-electron chi connectivity index (χ3n) is 2.04. The van der Waals surface area contributed by atoms with Gasteiger partial charge in [-0.05, 0) is 13.3 Å². The third-order valence-corrected chi connectivity index (χ3v) is 2.04. The van der Waals surface area contributed by atoms with Crippen molar-refractivity contribution in [2.75, 3.05) is 6.61 Å². The predicted molar refractivity (Wildman–Crippen MR) is 58.2 cm³/mol. The van der Waals surface area contributed by atoms with E-state index in [9.17, 15) is 4.79 Å². The Morgan fingerprint density at radius 1 is 1.00 bits per heavy atom. The molecule has 0 spiro atoms. The maximum atomic E-state index is 10.9. The van der Waals surface area contributed by atoms with Crippen LogP contribution in [0.5, 0.6) is 0 Å². The first-order valence-corrected chi connectivity index (χ1v) is 5.46. The van der Waals surface area contributed by atoms with Crippen LogP contribution in [0.1, 0.15) is 58.8 Å². The van der Waals surface area contributed by atoms with Crippen molar-refractivity contribution in [3.63, 3.8) is 0 Å². The number of hydrogen-bond donors (Lipinski definition) is 0. The fraction of sp³-hybridized carbons (Fsp3) is 0.909. The molecular weight excluding hydrogens is 180 g/mol. The lowest BCUT2D eigenvalue weighted by Gasteiger charge is -2.01. The molecule has 0 fully saturated rings. The topological polar surface area (TPSA) is 57.8 Å². The lowest BCUT2D eigenvalue weighted by atomic mass is 10.1. The summed E-state index contributed by atoms with van der Waals surface area (Å²) >= 11 is 0. The summed E-state index contributed by atoms with van der Waals surface area (Å²) in [4.78, 5) is 10.9. The highest BCUT2D eigenvalue weighted by molar-refractivity contribution is 5.69. The van der Waals surface area contributed by atoms with Gasteiger partial charge in [-0.2, -0.15) is 0 Å². The molecule has 0 saturated carbocycles. The number of carbonyl (C=O) groups excluding carboxylic acids is 1. The van der Waals surface area contributed by atoms with Gasteiger partial charge in [0.25, 0.3) is 0 Å². The van der Waals surface area contributed by atoms with Crippen LogP contribution < -0.4 is 0 Å². The molecule has 0 aromatic heterocycles. The van der Waals surface area contributed by atoms with E-state index in [1.807, 2.05) is 6.92 Å². The van der Waals surface area contributed by atoms with Gasteiger partial charge in [-0.1, -0.05) is 39.0 Å². The Morgan fingerprint density at radius 2 is 1.57 bits per heavy atom. The minimum absolute atomic E-state index is 0. The predicted octanol–water partition coefficient (Wildman–Crippen LogP) is 2.48. The van der Waals surface area contributed by atoms with Gasteiger partial charge in [0.15, 0.2) is 0 Å². The second-order valence-corrected chi connectivity index (χ2v) is 3.32. The Morgan fingerprint density at radius 3 is 2.14 bits per heavy atom. The maximum Gasteiger partial charge on any atom is 0.305 e. The minimum atomic E-state index is -0.0435. The van der Waals surface area contributed by atoms with E-state index >= 15 is 0 Å². The van der Waals surface area contributed by atoms with E-state index in [1.165, 1.54) is 32.1 Å². The van der Waals surface area contributed by atoms with Crippen molar-refractivity contribution < 1.29 is 15.0 Å². The van der Waals surface area contributed by atoms with Crippen molar-refractivity contribution in [3.05, 3.63) is 0 Å². The van der Waals surface area contributed by atoms with Gasteiger partial charge < -0.3 is 10.2 Å². The molecule has 0 heterocycles. The lowest BCUT2D eigenvalue weighted by Crippen LogP contribution is -2.03. The van der Waals surface area contributed by atoms with Crippen molar-refractivity contribution in [2.45, 2.75) is 58.8 Å². The van der Waals surface area contributed by atoms with Crippen LogP contribution in [-0.2, 0) is 9.53 Å². The van der Waals surface area contributed by atoms with Crippen LogP contribution >= 0.6 is 0 Å². The third kappa shape index (κ3) is 11.4. The first-order valence-electron chi connectivity index (χ1n) is 5.46. The number of esters is 1. The van der Waals surface area contributed by atoms with Gasteiger partial charge in [-0.15, -0.1) is 0 Å². The highest BCUT2D eigenvalue weighted by Gasteiger charge is 1.99. The monoisotopic (exact) mass is 204 g/mol. The molecular formula is C11H24O3. The van der Waals surface area contributed by atoms with Crippen LogP contribution in [0.3, 0.4) is 0 Å². The summed E-state index contributed by atoms with van der Waals surface area (Å²) in [6.07, 6.45) is 7.91. The smallest absolute Gasteiger partial charge is 0.305 e. The van der Waals surface area contributed by atoms with Crippen LogP contribution in [0.2, 0.25) is 0 Å². The maximum absolute atomic E-state index is 10.9. The van der Waals surface area contributed by atoms with Crippen molar-refractivity contribution in [1.29, 1.82) is 0 Å². The zero-order chi connectivity index (χ0) is 9.94. The summed E-state index contributed by atoms with van der Waals surface area (Å²) in [5.74, 6) is -0.0435. The zero-order valence-electron chi connectivity index (χ0n) is 9.47. The number of hydrogen-bond acceptors (Lipinski definition) is 2. The summed E-state index contributed by atoms with van der Waals surface area (Å²) in [5, 5.41) is 0. The number of rotatable bonds is 8. The summed E-state index contributed by atoms with van der Waals surface area (Å²) in [5.41, 5.74) is 0. The molecule has 0 aliphatic heterocycles. The fourth-order valence-electron chi connectivity index (χ4n) is 1.28. The summed E-state index contributed by atoms with van der Waals surface area (Å²) in [6, 6.07) is 0. The first kappa shape index (κ1) is 15.9. The molecule has 0 aromatic rings. The number of ether oxygens (including phenoxy) is 1. The summed E-state index contributed by atoms with van der Waals surface area (Å²) in [6.45, 7) is 4.56. The Kier molecular flexibility index (Phi) is 14.1. The SMILES string of the molecule is CCCCCCCCC(=O)OCC.O. The highest BCUT2D eigenvalue weighted by Crippen LogP contribution is 2.07. The molecule has 0 unspecified atom stereocenters. The minimum Gasteiger partial charge on any atom is -0.466 e.